The summed E-state index contributed by atoms with van der Waals surface area (Å²) in [5, 5.41) is 5.48. The first-order valence-electron chi connectivity index (χ1n) is 6.53. The lowest BCUT2D eigenvalue weighted by Gasteiger charge is -2.17. The molecule has 1 unspecified atom stereocenters. The van der Waals surface area contributed by atoms with Crippen LogP contribution in [-0.2, 0) is 12.6 Å². The van der Waals surface area contributed by atoms with Crippen LogP contribution >= 0.6 is 33.9 Å². The zero-order chi connectivity index (χ0) is 15.5. The molecule has 1 nitrogen and oxygen atoms in total. The fourth-order valence-electron chi connectivity index (χ4n) is 2.13. The minimum Gasteiger partial charge on any atom is -0.310 e. The van der Waals surface area contributed by atoms with Crippen molar-refractivity contribution in [2.75, 3.05) is 6.54 Å². The van der Waals surface area contributed by atoms with Gasteiger partial charge in [0, 0.05) is 6.04 Å². The number of alkyl halides is 3. The van der Waals surface area contributed by atoms with Gasteiger partial charge in [0.1, 0.15) is 0 Å². The van der Waals surface area contributed by atoms with Crippen LogP contribution in [0.4, 0.5) is 13.2 Å². The van der Waals surface area contributed by atoms with Crippen molar-refractivity contribution in [3.8, 4) is 0 Å². The first kappa shape index (κ1) is 16.8. The Labute approximate surface area is 139 Å². The van der Waals surface area contributed by atoms with Crippen molar-refractivity contribution in [3.63, 3.8) is 0 Å². The smallest absolute Gasteiger partial charge is 0.310 e. The summed E-state index contributed by atoms with van der Waals surface area (Å²) in [4.78, 5) is 0. The molecule has 1 atom stereocenters. The Morgan fingerprint density at radius 3 is 2.38 bits per heavy atom. The van der Waals surface area contributed by atoms with Gasteiger partial charge in [0.25, 0.3) is 0 Å². The molecule has 0 bridgehead atoms. The lowest BCUT2D eigenvalue weighted by Crippen LogP contribution is -2.22. The fourth-order valence-corrected chi connectivity index (χ4v) is 3.55. The van der Waals surface area contributed by atoms with Gasteiger partial charge in [-0.05, 0) is 70.3 Å². The highest BCUT2D eigenvalue weighted by atomic mass is 127. The largest absolute Gasteiger partial charge is 0.416 e. The molecule has 0 aliphatic heterocycles. The van der Waals surface area contributed by atoms with Gasteiger partial charge >= 0.3 is 6.18 Å². The zero-order valence-electron chi connectivity index (χ0n) is 11.4. The van der Waals surface area contributed by atoms with Gasteiger partial charge in [-0.3, -0.25) is 0 Å². The average molecular weight is 425 g/mol. The monoisotopic (exact) mass is 425 g/mol. The van der Waals surface area contributed by atoms with Crippen molar-refractivity contribution >= 4 is 33.9 Å². The van der Waals surface area contributed by atoms with Crippen LogP contribution in [0.1, 0.15) is 29.7 Å². The first-order chi connectivity index (χ1) is 9.90. The van der Waals surface area contributed by atoms with E-state index in [1.54, 1.807) is 23.5 Å². The summed E-state index contributed by atoms with van der Waals surface area (Å²) in [5.74, 6) is 0. The van der Waals surface area contributed by atoms with Crippen molar-refractivity contribution in [2.24, 2.45) is 0 Å². The molecule has 0 aliphatic carbocycles. The van der Waals surface area contributed by atoms with Crippen molar-refractivity contribution in [3.05, 3.63) is 55.3 Å². The number of thiophene rings is 1. The first-order valence-corrected chi connectivity index (χ1v) is 8.49. The average Bonchev–Trinajstić information content (AvgIpc) is 2.84. The quantitative estimate of drug-likeness (QED) is 0.645. The Balaban J connectivity index is 2.14. The van der Waals surface area contributed by atoms with Gasteiger partial charge in [-0.15, -0.1) is 11.3 Å². The molecule has 1 heterocycles. The second kappa shape index (κ2) is 7.11. The number of hydrogen-bond donors (Lipinski definition) is 1. The van der Waals surface area contributed by atoms with E-state index in [0.29, 0.717) is 6.42 Å². The van der Waals surface area contributed by atoms with Crippen LogP contribution in [-0.4, -0.2) is 6.54 Å². The molecular formula is C15H15F3INS. The molecule has 2 aromatic rings. The van der Waals surface area contributed by atoms with Crippen LogP contribution in [0.2, 0.25) is 0 Å². The van der Waals surface area contributed by atoms with Crippen molar-refractivity contribution in [1.82, 2.24) is 5.32 Å². The second-order valence-electron chi connectivity index (χ2n) is 4.69. The Bertz CT molecular complexity index is 577. The molecule has 1 aromatic carbocycles. The number of halogens is 4. The molecule has 0 spiro atoms. The molecule has 1 aromatic heterocycles. The maximum Gasteiger partial charge on any atom is 0.416 e. The van der Waals surface area contributed by atoms with Gasteiger partial charge in [-0.2, -0.15) is 13.2 Å². The van der Waals surface area contributed by atoms with Crippen LogP contribution in [0.25, 0.3) is 0 Å². The van der Waals surface area contributed by atoms with Gasteiger partial charge in [-0.1, -0.05) is 19.1 Å². The van der Waals surface area contributed by atoms with E-state index < -0.39 is 11.7 Å². The summed E-state index contributed by atoms with van der Waals surface area (Å²) in [6.07, 6.45) is -3.60. The maximum atomic E-state index is 12.6. The number of likely N-dealkylation sites (N-methyl/N-ethyl adjacent to an activating group) is 1. The number of hydrogen-bond acceptors (Lipinski definition) is 2. The van der Waals surface area contributed by atoms with Gasteiger partial charge < -0.3 is 5.32 Å². The molecule has 0 aliphatic rings. The van der Waals surface area contributed by atoms with E-state index in [9.17, 15) is 13.2 Å². The summed E-state index contributed by atoms with van der Waals surface area (Å²) in [5.41, 5.74) is 1.48. The summed E-state index contributed by atoms with van der Waals surface area (Å²) in [6.45, 7) is 2.84. The van der Waals surface area contributed by atoms with Crippen LogP contribution < -0.4 is 5.32 Å². The van der Waals surface area contributed by atoms with E-state index >= 15 is 0 Å². The van der Waals surface area contributed by atoms with Crippen LogP contribution in [0.5, 0.6) is 0 Å². The van der Waals surface area contributed by atoms with Crippen molar-refractivity contribution in [2.45, 2.75) is 25.6 Å². The minimum atomic E-state index is -4.27. The van der Waals surface area contributed by atoms with Gasteiger partial charge in [0.2, 0.25) is 0 Å². The fraction of sp³-hybridized carbons (Fsp3) is 0.333. The van der Waals surface area contributed by atoms with Gasteiger partial charge in [0.05, 0.1) is 8.45 Å². The highest BCUT2D eigenvalue weighted by Gasteiger charge is 2.30. The topological polar surface area (TPSA) is 12.0 Å². The molecule has 2 rings (SSSR count). The molecule has 6 heteroatoms. The molecule has 114 valence electrons. The summed E-state index contributed by atoms with van der Waals surface area (Å²) in [6, 6.07) is 7.66. The predicted molar refractivity (Wildman–Crippen MR) is 88.6 cm³/mol. The Morgan fingerprint density at radius 1 is 1.24 bits per heavy atom. The van der Waals surface area contributed by atoms with E-state index in [-0.39, 0.29) is 6.04 Å². The predicted octanol–water partition coefficient (Wildman–Crippen LogP) is 5.26. The third-order valence-corrected chi connectivity index (χ3v) is 4.97. The summed E-state index contributed by atoms with van der Waals surface area (Å²) < 4.78 is 38.9. The minimum absolute atomic E-state index is 0.131. The third kappa shape index (κ3) is 4.69. The van der Waals surface area contributed by atoms with Crippen LogP contribution in [0.3, 0.4) is 0 Å². The molecule has 21 heavy (non-hydrogen) atoms. The van der Waals surface area contributed by atoms with E-state index in [1.165, 1.54) is 8.45 Å². The zero-order valence-corrected chi connectivity index (χ0v) is 14.3. The Hall–Kier alpha value is -0.600. The van der Waals surface area contributed by atoms with Crippen LogP contribution in [0.15, 0.2) is 35.7 Å². The lowest BCUT2D eigenvalue weighted by atomic mass is 10.00. The van der Waals surface area contributed by atoms with Crippen LogP contribution in [0, 0.1) is 2.88 Å². The Morgan fingerprint density at radius 2 is 1.90 bits per heavy atom. The van der Waals surface area contributed by atoms with Gasteiger partial charge in [0.15, 0.2) is 0 Å². The molecule has 0 saturated heterocycles. The van der Waals surface area contributed by atoms with E-state index in [0.717, 1.165) is 24.2 Å². The van der Waals surface area contributed by atoms with Gasteiger partial charge in [-0.25, -0.2) is 0 Å². The number of benzene rings is 1. The highest BCUT2D eigenvalue weighted by Crippen LogP contribution is 2.30. The Kier molecular flexibility index (Phi) is 5.67. The molecule has 0 saturated carbocycles. The molecule has 0 amide bonds. The summed E-state index contributed by atoms with van der Waals surface area (Å²) in [7, 11) is 0. The third-order valence-electron chi connectivity index (χ3n) is 3.16. The normalized spacial score (nSPS) is 13.4. The van der Waals surface area contributed by atoms with E-state index in [4.69, 9.17) is 0 Å². The van der Waals surface area contributed by atoms with E-state index in [1.807, 2.05) is 6.92 Å². The maximum absolute atomic E-state index is 12.6. The van der Waals surface area contributed by atoms with Crippen molar-refractivity contribution in [1.29, 1.82) is 0 Å². The highest BCUT2D eigenvalue weighted by molar-refractivity contribution is 14.1. The molecule has 1 N–H and O–H groups in total. The molecular weight excluding hydrogens is 410 g/mol. The molecule has 0 fully saturated rings. The second-order valence-corrected chi connectivity index (χ2v) is 7.50. The van der Waals surface area contributed by atoms with Crippen molar-refractivity contribution < 1.29 is 13.2 Å². The SMILES string of the molecule is CCNC(Cc1ccc(C(F)(F)F)cc1)c1csc(I)c1. The summed E-state index contributed by atoms with van der Waals surface area (Å²) >= 11 is 3.95. The van der Waals surface area contributed by atoms with E-state index in [2.05, 4.69) is 39.4 Å². The number of rotatable bonds is 5. The standard InChI is InChI=1S/C15H15F3INS/c1-2-20-13(11-8-14(19)21-9-11)7-10-3-5-12(6-4-10)15(16,17)18/h3-6,8-9,13,20H,2,7H2,1H3. The lowest BCUT2D eigenvalue weighted by molar-refractivity contribution is -0.137. The molecule has 0 radical (unpaired) electrons. The number of nitrogens with one attached hydrogen (secondary N) is 1.